The van der Waals surface area contributed by atoms with Gasteiger partial charge in [0.05, 0.1) is 18.4 Å². The Kier molecular flexibility index (Phi) is 7.21. The predicted octanol–water partition coefficient (Wildman–Crippen LogP) is 3.12. The van der Waals surface area contributed by atoms with Crippen LogP contribution < -0.4 is 10.6 Å². The Morgan fingerprint density at radius 3 is 2.52 bits per heavy atom. The third kappa shape index (κ3) is 6.01. The molecule has 0 bridgehead atoms. The van der Waals surface area contributed by atoms with Crippen molar-refractivity contribution in [1.29, 1.82) is 0 Å². The molecule has 0 saturated carbocycles. The summed E-state index contributed by atoms with van der Waals surface area (Å²) in [5, 5.41) is 4.44. The summed E-state index contributed by atoms with van der Waals surface area (Å²) in [4.78, 5) is 23.5. The molecule has 1 atom stereocenters. The first-order chi connectivity index (χ1) is 10.8. The van der Waals surface area contributed by atoms with Gasteiger partial charge in [-0.3, -0.25) is 0 Å². The van der Waals surface area contributed by atoms with E-state index >= 15 is 0 Å². The molecule has 0 aliphatic heterocycles. The molecule has 0 aliphatic carbocycles. The van der Waals surface area contributed by atoms with Crippen molar-refractivity contribution in [3.63, 3.8) is 0 Å². The van der Waals surface area contributed by atoms with E-state index in [0.29, 0.717) is 12.2 Å². The van der Waals surface area contributed by atoms with Crippen LogP contribution in [-0.2, 0) is 15.7 Å². The molecule has 0 spiro atoms. The zero-order chi connectivity index (χ0) is 17.5. The van der Waals surface area contributed by atoms with Gasteiger partial charge in [0.2, 0.25) is 0 Å². The van der Waals surface area contributed by atoms with Crippen molar-refractivity contribution in [2.45, 2.75) is 18.6 Å². The first-order valence-corrected chi connectivity index (χ1v) is 7.99. The van der Waals surface area contributed by atoms with Crippen LogP contribution in [0.25, 0.3) is 0 Å². The SMILES string of the molecule is COC(=O)[C@@H](CCSC)NC(=O)Nc1ccccc1C(F)(F)F. The molecular weight excluding hydrogens is 333 g/mol. The largest absolute Gasteiger partial charge is 0.467 e. The summed E-state index contributed by atoms with van der Waals surface area (Å²) in [7, 11) is 1.17. The molecule has 0 unspecified atom stereocenters. The molecule has 1 rings (SSSR count). The number of carbonyl (C=O) groups excluding carboxylic acids is 2. The Labute approximate surface area is 136 Å². The number of esters is 1. The highest BCUT2D eigenvalue weighted by molar-refractivity contribution is 7.98. The maximum Gasteiger partial charge on any atom is 0.418 e. The van der Waals surface area contributed by atoms with Crippen molar-refractivity contribution >= 4 is 29.4 Å². The maximum absolute atomic E-state index is 12.9. The lowest BCUT2D eigenvalue weighted by Crippen LogP contribution is -2.44. The fraction of sp³-hybridized carbons (Fsp3) is 0.429. The molecule has 0 aliphatic rings. The first-order valence-electron chi connectivity index (χ1n) is 6.60. The van der Waals surface area contributed by atoms with E-state index in [4.69, 9.17) is 0 Å². The number of anilines is 1. The second-order valence-corrected chi connectivity index (χ2v) is 5.48. The van der Waals surface area contributed by atoms with Gasteiger partial charge in [-0.15, -0.1) is 0 Å². The lowest BCUT2D eigenvalue weighted by Gasteiger charge is -2.18. The van der Waals surface area contributed by atoms with Crippen LogP contribution in [-0.4, -0.2) is 37.2 Å². The van der Waals surface area contributed by atoms with Crippen LogP contribution in [0.3, 0.4) is 0 Å². The third-order valence-corrected chi connectivity index (χ3v) is 3.53. The van der Waals surface area contributed by atoms with Gasteiger partial charge in [-0.25, -0.2) is 9.59 Å². The molecule has 1 aromatic carbocycles. The molecular formula is C14H17F3N2O3S. The molecule has 2 amide bonds. The van der Waals surface area contributed by atoms with E-state index in [1.54, 1.807) is 0 Å². The summed E-state index contributed by atoms with van der Waals surface area (Å²) >= 11 is 1.47. The summed E-state index contributed by atoms with van der Waals surface area (Å²) in [6, 6.07) is 2.76. The number of nitrogens with one attached hydrogen (secondary N) is 2. The van der Waals surface area contributed by atoms with Crippen molar-refractivity contribution < 1.29 is 27.5 Å². The molecule has 1 aromatic rings. The normalized spacial score (nSPS) is 12.4. The van der Waals surface area contributed by atoms with E-state index in [1.165, 1.54) is 31.0 Å². The van der Waals surface area contributed by atoms with Crippen LogP contribution in [0.5, 0.6) is 0 Å². The zero-order valence-electron chi connectivity index (χ0n) is 12.6. The van der Waals surface area contributed by atoms with Crippen LogP contribution in [0.2, 0.25) is 0 Å². The van der Waals surface area contributed by atoms with Crippen LogP contribution >= 0.6 is 11.8 Å². The van der Waals surface area contributed by atoms with Crippen molar-refractivity contribution in [3.05, 3.63) is 29.8 Å². The molecule has 0 aromatic heterocycles. The van der Waals surface area contributed by atoms with Gasteiger partial charge < -0.3 is 15.4 Å². The standard InChI is InChI=1S/C14H17F3N2O3S/c1-22-12(20)11(7-8-23-2)19-13(21)18-10-6-4-3-5-9(10)14(15,16)17/h3-6,11H,7-8H2,1-2H3,(H2,18,19,21)/t11-/m1/s1. The summed E-state index contributed by atoms with van der Waals surface area (Å²) in [5.74, 6) is -0.0718. The second kappa shape index (κ2) is 8.66. The average molecular weight is 350 g/mol. The lowest BCUT2D eigenvalue weighted by atomic mass is 10.1. The van der Waals surface area contributed by atoms with E-state index in [9.17, 15) is 22.8 Å². The fourth-order valence-electron chi connectivity index (χ4n) is 1.78. The number of hydrogen-bond acceptors (Lipinski definition) is 4. The van der Waals surface area contributed by atoms with Crippen LogP contribution in [0, 0.1) is 0 Å². The number of alkyl halides is 3. The number of thioether (sulfide) groups is 1. The summed E-state index contributed by atoms with van der Waals surface area (Å²) < 4.78 is 43.2. The predicted molar refractivity (Wildman–Crippen MR) is 82.4 cm³/mol. The molecule has 0 fully saturated rings. The van der Waals surface area contributed by atoms with Gasteiger partial charge in [0, 0.05) is 0 Å². The third-order valence-electron chi connectivity index (χ3n) is 2.88. The summed E-state index contributed by atoms with van der Waals surface area (Å²) in [6.07, 6.45) is -2.46. The molecule has 0 heterocycles. The lowest BCUT2D eigenvalue weighted by molar-refractivity contribution is -0.143. The van der Waals surface area contributed by atoms with Crippen LogP contribution in [0.4, 0.5) is 23.7 Å². The average Bonchev–Trinajstić information content (AvgIpc) is 2.50. The topological polar surface area (TPSA) is 67.4 Å². The fourth-order valence-corrected chi connectivity index (χ4v) is 2.25. The van der Waals surface area contributed by atoms with Gasteiger partial charge in [-0.1, -0.05) is 12.1 Å². The van der Waals surface area contributed by atoms with Gasteiger partial charge in [-0.2, -0.15) is 24.9 Å². The van der Waals surface area contributed by atoms with Gasteiger partial charge >= 0.3 is 18.2 Å². The van der Waals surface area contributed by atoms with Gasteiger partial charge in [-0.05, 0) is 30.6 Å². The Morgan fingerprint density at radius 1 is 1.30 bits per heavy atom. The monoisotopic (exact) mass is 350 g/mol. The molecule has 2 N–H and O–H groups in total. The Balaban J connectivity index is 2.81. The van der Waals surface area contributed by atoms with E-state index in [1.807, 2.05) is 6.26 Å². The minimum absolute atomic E-state index is 0.308. The summed E-state index contributed by atoms with van der Waals surface area (Å²) in [5.41, 5.74) is -1.35. The highest BCUT2D eigenvalue weighted by Crippen LogP contribution is 2.34. The molecule has 0 saturated heterocycles. The summed E-state index contributed by atoms with van der Waals surface area (Å²) in [6.45, 7) is 0. The number of benzene rings is 1. The van der Waals surface area contributed by atoms with E-state index in [2.05, 4.69) is 15.4 Å². The smallest absolute Gasteiger partial charge is 0.418 e. The molecule has 23 heavy (non-hydrogen) atoms. The van der Waals surface area contributed by atoms with E-state index < -0.39 is 29.8 Å². The van der Waals surface area contributed by atoms with Crippen molar-refractivity contribution in [3.8, 4) is 0 Å². The van der Waals surface area contributed by atoms with Crippen LogP contribution in [0.15, 0.2) is 24.3 Å². The highest BCUT2D eigenvalue weighted by atomic mass is 32.2. The number of urea groups is 1. The number of carbonyl (C=O) groups is 2. The Bertz CT molecular complexity index is 552. The molecule has 5 nitrogen and oxygen atoms in total. The number of ether oxygens (including phenoxy) is 1. The van der Waals surface area contributed by atoms with E-state index in [0.717, 1.165) is 12.1 Å². The second-order valence-electron chi connectivity index (χ2n) is 4.50. The minimum Gasteiger partial charge on any atom is -0.467 e. The van der Waals surface area contributed by atoms with Gasteiger partial charge in [0.25, 0.3) is 0 Å². The Morgan fingerprint density at radius 2 is 1.96 bits per heavy atom. The number of amides is 2. The van der Waals surface area contributed by atoms with Gasteiger partial charge in [0.1, 0.15) is 6.04 Å². The quantitative estimate of drug-likeness (QED) is 0.774. The number of rotatable bonds is 6. The number of halogens is 3. The number of hydrogen-bond donors (Lipinski definition) is 2. The number of para-hydroxylation sites is 1. The molecule has 128 valence electrons. The van der Waals surface area contributed by atoms with Crippen molar-refractivity contribution in [2.24, 2.45) is 0 Å². The Hall–Kier alpha value is -1.90. The van der Waals surface area contributed by atoms with Gasteiger partial charge in [0.15, 0.2) is 0 Å². The number of methoxy groups -OCH3 is 1. The maximum atomic E-state index is 12.9. The highest BCUT2D eigenvalue weighted by Gasteiger charge is 2.33. The van der Waals surface area contributed by atoms with Crippen molar-refractivity contribution in [1.82, 2.24) is 5.32 Å². The van der Waals surface area contributed by atoms with E-state index in [-0.39, 0.29) is 5.69 Å². The molecule has 0 radical (unpaired) electrons. The van der Waals surface area contributed by atoms with Crippen LogP contribution in [0.1, 0.15) is 12.0 Å². The molecule has 9 heteroatoms. The first kappa shape index (κ1) is 19.1. The zero-order valence-corrected chi connectivity index (χ0v) is 13.4. The van der Waals surface area contributed by atoms with Crippen molar-refractivity contribution in [2.75, 3.05) is 24.4 Å². The minimum atomic E-state index is -4.59.